The van der Waals surface area contributed by atoms with E-state index in [0.29, 0.717) is 0 Å². The summed E-state index contributed by atoms with van der Waals surface area (Å²) in [5.41, 5.74) is 10.9. The van der Waals surface area contributed by atoms with Gasteiger partial charge in [0.25, 0.3) is 0 Å². The molecule has 1 aromatic carbocycles. The van der Waals surface area contributed by atoms with Crippen LogP contribution in [-0.2, 0) is 0 Å². The molecule has 0 heteroatoms. The molecule has 0 aromatic heterocycles. The van der Waals surface area contributed by atoms with E-state index >= 15 is 0 Å². The van der Waals surface area contributed by atoms with E-state index in [1.165, 1.54) is 39.0 Å². The summed E-state index contributed by atoms with van der Waals surface area (Å²) in [6.07, 6.45) is 14.6. The van der Waals surface area contributed by atoms with Crippen molar-refractivity contribution in [2.24, 2.45) is 0 Å². The molecule has 0 unspecified atom stereocenters. The van der Waals surface area contributed by atoms with Crippen molar-refractivity contribution in [2.75, 3.05) is 0 Å². The highest BCUT2D eigenvalue weighted by Crippen LogP contribution is 2.34. The average Bonchev–Trinajstić information content (AvgIpc) is 2.69. The predicted molar refractivity (Wildman–Crippen MR) is 133 cm³/mol. The van der Waals surface area contributed by atoms with Gasteiger partial charge in [0.05, 0.1) is 0 Å². The van der Waals surface area contributed by atoms with Gasteiger partial charge in [-0.3, -0.25) is 0 Å². The van der Waals surface area contributed by atoms with Gasteiger partial charge in [-0.15, -0.1) is 0 Å². The van der Waals surface area contributed by atoms with Crippen LogP contribution in [0.25, 0.3) is 5.57 Å². The van der Waals surface area contributed by atoms with E-state index in [1.54, 1.807) is 0 Å². The molecule has 1 rings (SSSR count). The lowest BCUT2D eigenvalue weighted by Crippen LogP contribution is -2.01. The number of aryl methyl sites for hydroxylation is 1. The van der Waals surface area contributed by atoms with Crippen LogP contribution in [0.4, 0.5) is 0 Å². The smallest absolute Gasteiger partial charge is 0.00804 e. The number of allylic oxidation sites excluding steroid dienone is 14. The monoisotopic (exact) mass is 384 g/mol. The zero-order valence-corrected chi connectivity index (χ0v) is 19.3. The third-order valence-electron chi connectivity index (χ3n) is 4.85. The molecule has 0 aliphatic carbocycles. The lowest BCUT2D eigenvalue weighted by atomic mass is 9.85. The number of rotatable bonds is 8. The summed E-state index contributed by atoms with van der Waals surface area (Å²) in [6, 6.07) is 8.61. The molecule has 0 aliphatic heterocycles. The molecule has 0 spiro atoms. The molecule has 0 amide bonds. The molecule has 0 atom stereocenters. The van der Waals surface area contributed by atoms with Crippen LogP contribution < -0.4 is 0 Å². The quantitative estimate of drug-likeness (QED) is 0.392. The van der Waals surface area contributed by atoms with Crippen LogP contribution in [0.3, 0.4) is 0 Å². The van der Waals surface area contributed by atoms with Crippen molar-refractivity contribution in [3.8, 4) is 0 Å². The van der Waals surface area contributed by atoms with Gasteiger partial charge in [-0.05, 0) is 87.5 Å². The molecule has 152 valence electrons. The van der Waals surface area contributed by atoms with Gasteiger partial charge in [-0.25, -0.2) is 0 Å². The van der Waals surface area contributed by atoms with Crippen LogP contribution in [-0.4, -0.2) is 0 Å². The molecule has 0 nitrogen and oxygen atoms in total. The second-order valence-electron chi connectivity index (χ2n) is 7.43. The minimum Gasteiger partial charge on any atom is -0.0990 e. The Morgan fingerprint density at radius 3 is 2.17 bits per heavy atom. The summed E-state index contributed by atoms with van der Waals surface area (Å²) in [5.74, 6) is 0. The highest BCUT2D eigenvalue weighted by atomic mass is 14.2. The molecular formula is C29H36. The SMILES string of the molecule is C=C/C=C(\C=C(/C)c1cccc(C)c1)C(=C/C)/C(C(/C=C\C)=C(C)C)=C(/C)C=C. The number of hydrogen-bond donors (Lipinski definition) is 0. The maximum absolute atomic E-state index is 4.04. The van der Waals surface area contributed by atoms with E-state index in [9.17, 15) is 0 Å². The zero-order valence-electron chi connectivity index (χ0n) is 19.3. The average molecular weight is 385 g/mol. The van der Waals surface area contributed by atoms with Gasteiger partial charge in [0.15, 0.2) is 0 Å². The fourth-order valence-corrected chi connectivity index (χ4v) is 3.34. The normalized spacial score (nSPS) is 14.0. The van der Waals surface area contributed by atoms with E-state index in [2.05, 4.69) is 116 Å². The third-order valence-corrected chi connectivity index (χ3v) is 4.85. The molecule has 0 fully saturated rings. The van der Waals surface area contributed by atoms with Gasteiger partial charge in [-0.2, -0.15) is 0 Å². The largest absolute Gasteiger partial charge is 0.0990 e. The van der Waals surface area contributed by atoms with Crippen LogP contribution in [0.15, 0.2) is 113 Å². The van der Waals surface area contributed by atoms with Gasteiger partial charge in [0.2, 0.25) is 0 Å². The van der Waals surface area contributed by atoms with E-state index in [-0.39, 0.29) is 0 Å². The van der Waals surface area contributed by atoms with Crippen molar-refractivity contribution in [1.29, 1.82) is 0 Å². The summed E-state index contributed by atoms with van der Waals surface area (Å²) in [5, 5.41) is 0. The zero-order chi connectivity index (χ0) is 22.0. The minimum atomic E-state index is 1.14. The van der Waals surface area contributed by atoms with Gasteiger partial charge in [0, 0.05) is 0 Å². The summed E-state index contributed by atoms with van der Waals surface area (Å²) >= 11 is 0. The van der Waals surface area contributed by atoms with Crippen LogP contribution in [0.2, 0.25) is 0 Å². The molecule has 0 saturated carbocycles. The Kier molecular flexibility index (Phi) is 9.89. The van der Waals surface area contributed by atoms with Gasteiger partial charge >= 0.3 is 0 Å². The fraction of sp³-hybridized carbons (Fsp3) is 0.241. The third kappa shape index (κ3) is 6.61. The molecule has 0 N–H and O–H groups in total. The van der Waals surface area contributed by atoms with Crippen molar-refractivity contribution >= 4 is 5.57 Å². The second-order valence-corrected chi connectivity index (χ2v) is 7.43. The first-order chi connectivity index (χ1) is 13.8. The Morgan fingerprint density at radius 1 is 1.00 bits per heavy atom. The minimum absolute atomic E-state index is 1.14. The highest BCUT2D eigenvalue weighted by Gasteiger charge is 2.15. The molecule has 0 saturated heterocycles. The van der Waals surface area contributed by atoms with E-state index in [1.807, 2.05) is 12.2 Å². The maximum Gasteiger partial charge on any atom is -0.00804 e. The lowest BCUT2D eigenvalue weighted by Gasteiger charge is -2.19. The first-order valence-electron chi connectivity index (χ1n) is 10.2. The Morgan fingerprint density at radius 2 is 1.69 bits per heavy atom. The first kappa shape index (κ1) is 24.2. The van der Waals surface area contributed by atoms with Gasteiger partial charge in [0.1, 0.15) is 0 Å². The van der Waals surface area contributed by atoms with E-state index < -0.39 is 0 Å². The van der Waals surface area contributed by atoms with Crippen LogP contribution in [0, 0.1) is 6.92 Å². The van der Waals surface area contributed by atoms with Crippen molar-refractivity contribution < 1.29 is 0 Å². The predicted octanol–water partition coefficient (Wildman–Crippen LogP) is 8.87. The standard InChI is InChI=1S/C29H36/c1-10-15-26(20-24(9)25-18-14-17-22(7)19-25)27(13-4)29(23(8)12-3)28(16-11-2)21(5)6/h10-20H,1,3H2,2,4-9H3/b16-11-,24-20+,26-15+,27-13-,29-23+. The fourth-order valence-electron chi connectivity index (χ4n) is 3.34. The van der Waals surface area contributed by atoms with Crippen LogP contribution >= 0.6 is 0 Å². The summed E-state index contributed by atoms with van der Waals surface area (Å²) in [4.78, 5) is 0. The lowest BCUT2D eigenvalue weighted by molar-refractivity contribution is 1.24. The van der Waals surface area contributed by atoms with Crippen LogP contribution in [0.1, 0.15) is 52.7 Å². The molecular weight excluding hydrogens is 348 g/mol. The van der Waals surface area contributed by atoms with Crippen LogP contribution in [0.5, 0.6) is 0 Å². The molecule has 0 bridgehead atoms. The second kappa shape index (κ2) is 11.9. The first-order valence-corrected chi connectivity index (χ1v) is 10.2. The van der Waals surface area contributed by atoms with Crippen molar-refractivity contribution in [1.82, 2.24) is 0 Å². The Bertz CT molecular complexity index is 930. The Hall–Kier alpha value is -2.86. The number of hydrogen-bond acceptors (Lipinski definition) is 0. The molecule has 0 heterocycles. The Balaban J connectivity index is 3.72. The Labute approximate surface area is 178 Å². The maximum atomic E-state index is 4.04. The molecule has 1 aromatic rings. The van der Waals surface area contributed by atoms with E-state index in [4.69, 9.17) is 0 Å². The molecule has 0 aliphatic rings. The van der Waals surface area contributed by atoms with Crippen molar-refractivity contribution in [3.05, 3.63) is 125 Å². The number of benzene rings is 1. The summed E-state index contributed by atoms with van der Waals surface area (Å²) in [6.45, 7) is 22.9. The van der Waals surface area contributed by atoms with Crippen molar-refractivity contribution in [2.45, 2.75) is 48.5 Å². The summed E-state index contributed by atoms with van der Waals surface area (Å²) in [7, 11) is 0. The summed E-state index contributed by atoms with van der Waals surface area (Å²) < 4.78 is 0. The molecule has 0 radical (unpaired) electrons. The van der Waals surface area contributed by atoms with Gasteiger partial charge in [-0.1, -0.05) is 91.1 Å². The highest BCUT2D eigenvalue weighted by molar-refractivity contribution is 5.73. The topological polar surface area (TPSA) is 0 Å². The van der Waals surface area contributed by atoms with Crippen molar-refractivity contribution in [3.63, 3.8) is 0 Å². The van der Waals surface area contributed by atoms with E-state index in [0.717, 1.165) is 11.1 Å². The molecule has 29 heavy (non-hydrogen) atoms. The van der Waals surface area contributed by atoms with Gasteiger partial charge < -0.3 is 0 Å².